The van der Waals surface area contributed by atoms with Crippen LogP contribution in [0.4, 0.5) is 11.4 Å². The number of fused-ring (bicyclic) bond motifs is 1. The maximum Gasteiger partial charge on any atom is 0.262 e. The number of amides is 2. The van der Waals surface area contributed by atoms with Crippen molar-refractivity contribution in [3.63, 3.8) is 0 Å². The summed E-state index contributed by atoms with van der Waals surface area (Å²) in [6.07, 6.45) is 0.989. The predicted molar refractivity (Wildman–Crippen MR) is 122 cm³/mol. The number of piperidine rings is 1. The number of carbonyl (C=O) groups excluding carboxylic acids is 2. The van der Waals surface area contributed by atoms with Crippen molar-refractivity contribution >= 4 is 44.8 Å². The van der Waals surface area contributed by atoms with Gasteiger partial charge in [-0.15, -0.1) is 0 Å². The smallest absolute Gasteiger partial charge is 0.262 e. The van der Waals surface area contributed by atoms with E-state index < -0.39 is 15.9 Å². The topological polar surface area (TPSA) is 105 Å². The molecule has 0 radical (unpaired) electrons. The van der Waals surface area contributed by atoms with Crippen LogP contribution in [0.15, 0.2) is 41.3 Å². The number of halogens is 1. The molecule has 2 atom stereocenters. The zero-order chi connectivity index (χ0) is 23.0. The number of ether oxygens (including phenoxy) is 1. The van der Waals surface area contributed by atoms with Gasteiger partial charge in [-0.1, -0.05) is 31.5 Å². The lowest BCUT2D eigenvalue weighted by Crippen LogP contribution is -2.42. The van der Waals surface area contributed by atoms with E-state index in [-0.39, 0.29) is 39.8 Å². The van der Waals surface area contributed by atoms with Crippen LogP contribution >= 0.6 is 11.6 Å². The van der Waals surface area contributed by atoms with Crippen molar-refractivity contribution in [3.05, 3.63) is 47.0 Å². The molecule has 32 heavy (non-hydrogen) atoms. The molecule has 170 valence electrons. The first-order chi connectivity index (χ1) is 15.1. The van der Waals surface area contributed by atoms with Crippen LogP contribution in [0.5, 0.6) is 5.75 Å². The van der Waals surface area contributed by atoms with E-state index in [1.165, 1.54) is 28.6 Å². The number of rotatable bonds is 4. The molecule has 0 bridgehead atoms. The molecule has 8 nitrogen and oxygen atoms in total. The number of hydrogen-bond acceptors (Lipinski definition) is 5. The van der Waals surface area contributed by atoms with Crippen LogP contribution in [0.1, 0.15) is 30.6 Å². The first-order valence-electron chi connectivity index (χ1n) is 10.3. The summed E-state index contributed by atoms with van der Waals surface area (Å²) in [6.45, 7) is 4.88. The number of benzene rings is 2. The lowest BCUT2D eigenvalue weighted by atomic mass is 9.94. The number of carbonyl (C=O) groups is 2. The monoisotopic (exact) mass is 477 g/mol. The first kappa shape index (κ1) is 22.6. The van der Waals surface area contributed by atoms with E-state index in [1.807, 2.05) is 13.8 Å². The predicted octanol–water partition coefficient (Wildman–Crippen LogP) is 3.59. The van der Waals surface area contributed by atoms with Gasteiger partial charge in [0.05, 0.1) is 21.3 Å². The van der Waals surface area contributed by atoms with Crippen molar-refractivity contribution in [2.45, 2.75) is 25.2 Å². The van der Waals surface area contributed by atoms with Crippen LogP contribution in [0, 0.1) is 11.8 Å². The van der Waals surface area contributed by atoms with E-state index in [2.05, 4.69) is 10.6 Å². The van der Waals surface area contributed by atoms with Gasteiger partial charge in [0, 0.05) is 24.7 Å². The maximum absolute atomic E-state index is 13.2. The third kappa shape index (κ3) is 4.60. The molecule has 0 spiro atoms. The van der Waals surface area contributed by atoms with Crippen LogP contribution in [0.2, 0.25) is 5.02 Å². The molecule has 2 aromatic carbocycles. The van der Waals surface area contributed by atoms with Gasteiger partial charge in [-0.25, -0.2) is 8.42 Å². The van der Waals surface area contributed by atoms with Crippen molar-refractivity contribution < 1.29 is 22.7 Å². The largest absolute Gasteiger partial charge is 0.482 e. The summed E-state index contributed by atoms with van der Waals surface area (Å²) in [5.41, 5.74) is 0.896. The summed E-state index contributed by atoms with van der Waals surface area (Å²) in [5.74, 6) is 0.135. The molecule has 2 N–H and O–H groups in total. The van der Waals surface area contributed by atoms with Crippen LogP contribution < -0.4 is 15.4 Å². The fraction of sp³-hybridized carbons (Fsp3) is 0.364. The number of anilines is 2. The molecule has 2 unspecified atom stereocenters. The van der Waals surface area contributed by atoms with Gasteiger partial charge in [0.25, 0.3) is 11.8 Å². The van der Waals surface area contributed by atoms with Crippen LogP contribution in [-0.2, 0) is 14.8 Å². The van der Waals surface area contributed by atoms with Crippen molar-refractivity contribution in [1.82, 2.24) is 4.31 Å². The minimum absolute atomic E-state index is 0.0778. The SMILES string of the molecule is CC1CC(C)CN(S(=O)(=O)c2cccc(C(=O)Nc3cc4c(cc3Cl)NC(=O)CO4)c2)C1. The molecular weight excluding hydrogens is 454 g/mol. The molecule has 1 fully saturated rings. The van der Waals surface area contributed by atoms with Crippen molar-refractivity contribution in [2.24, 2.45) is 11.8 Å². The molecular formula is C22H24ClN3O5S. The molecule has 2 amide bonds. The van der Waals surface area contributed by atoms with Gasteiger partial charge in [0.2, 0.25) is 10.0 Å². The van der Waals surface area contributed by atoms with Gasteiger partial charge in [-0.3, -0.25) is 9.59 Å². The average molecular weight is 478 g/mol. The van der Waals surface area contributed by atoms with E-state index in [9.17, 15) is 18.0 Å². The molecule has 10 heteroatoms. The Morgan fingerprint density at radius 1 is 1.19 bits per heavy atom. The zero-order valence-corrected chi connectivity index (χ0v) is 19.3. The molecule has 4 rings (SSSR count). The van der Waals surface area contributed by atoms with Gasteiger partial charge in [0.1, 0.15) is 5.75 Å². The third-order valence-electron chi connectivity index (χ3n) is 5.52. The van der Waals surface area contributed by atoms with E-state index in [4.69, 9.17) is 16.3 Å². The normalized spacial score (nSPS) is 21.3. The van der Waals surface area contributed by atoms with Crippen LogP contribution in [-0.4, -0.2) is 44.2 Å². The lowest BCUT2D eigenvalue weighted by molar-refractivity contribution is -0.118. The molecule has 1 saturated heterocycles. The highest BCUT2D eigenvalue weighted by molar-refractivity contribution is 7.89. The second-order valence-electron chi connectivity index (χ2n) is 8.42. The summed E-state index contributed by atoms with van der Waals surface area (Å²) < 4.78 is 33.2. The summed E-state index contributed by atoms with van der Waals surface area (Å²) in [7, 11) is -3.72. The van der Waals surface area contributed by atoms with E-state index >= 15 is 0 Å². The number of sulfonamides is 1. The Balaban J connectivity index is 1.56. The highest BCUT2D eigenvalue weighted by Gasteiger charge is 2.32. The number of hydrogen-bond donors (Lipinski definition) is 2. The van der Waals surface area contributed by atoms with Gasteiger partial charge in [0.15, 0.2) is 6.61 Å². The quantitative estimate of drug-likeness (QED) is 0.700. The molecule has 2 aromatic rings. The molecule has 2 aliphatic rings. The van der Waals surface area contributed by atoms with Gasteiger partial charge < -0.3 is 15.4 Å². The highest BCUT2D eigenvalue weighted by Crippen LogP contribution is 2.36. The Morgan fingerprint density at radius 2 is 1.91 bits per heavy atom. The third-order valence-corrected chi connectivity index (χ3v) is 7.66. The minimum atomic E-state index is -3.72. The molecule has 2 heterocycles. The summed E-state index contributed by atoms with van der Waals surface area (Å²) in [5, 5.41) is 5.54. The Kier molecular flexibility index (Phi) is 6.15. The number of nitrogens with one attached hydrogen (secondary N) is 2. The van der Waals surface area contributed by atoms with Gasteiger partial charge in [-0.2, -0.15) is 4.31 Å². The standard InChI is InChI=1S/C22H24ClN3O5S/c1-13-6-14(2)11-26(10-13)32(29,30)16-5-3-4-15(7-16)22(28)25-18-9-20-19(8-17(18)23)24-21(27)12-31-20/h3-5,7-9,13-14H,6,10-12H2,1-2H3,(H,24,27)(H,25,28). The summed E-state index contributed by atoms with van der Waals surface area (Å²) in [6, 6.07) is 8.97. The van der Waals surface area contributed by atoms with E-state index in [0.29, 0.717) is 30.2 Å². The fourth-order valence-corrected chi connectivity index (χ4v) is 6.08. The Hall–Kier alpha value is -2.62. The Morgan fingerprint density at radius 3 is 2.62 bits per heavy atom. The lowest BCUT2D eigenvalue weighted by Gasteiger charge is -2.34. The Bertz CT molecular complexity index is 1170. The highest BCUT2D eigenvalue weighted by atomic mass is 35.5. The minimum Gasteiger partial charge on any atom is -0.482 e. The van der Waals surface area contributed by atoms with Crippen LogP contribution in [0.3, 0.4) is 0 Å². The summed E-state index contributed by atoms with van der Waals surface area (Å²) >= 11 is 6.25. The fourth-order valence-electron chi connectivity index (χ4n) is 4.14. The zero-order valence-electron chi connectivity index (χ0n) is 17.7. The first-order valence-corrected chi connectivity index (χ1v) is 12.1. The van der Waals surface area contributed by atoms with Gasteiger partial charge >= 0.3 is 0 Å². The summed E-state index contributed by atoms with van der Waals surface area (Å²) in [4.78, 5) is 24.4. The Labute approximate surface area is 191 Å². The molecule has 0 saturated carbocycles. The van der Waals surface area contributed by atoms with Crippen molar-refractivity contribution in [3.8, 4) is 5.75 Å². The average Bonchev–Trinajstić information content (AvgIpc) is 2.74. The van der Waals surface area contributed by atoms with E-state index in [1.54, 1.807) is 12.1 Å². The molecule has 0 aliphatic carbocycles. The maximum atomic E-state index is 13.2. The van der Waals surface area contributed by atoms with Crippen LogP contribution in [0.25, 0.3) is 0 Å². The second kappa shape index (κ2) is 8.73. The number of nitrogens with zero attached hydrogens (tertiary/aromatic N) is 1. The van der Waals surface area contributed by atoms with Crippen molar-refractivity contribution in [2.75, 3.05) is 30.3 Å². The van der Waals surface area contributed by atoms with E-state index in [0.717, 1.165) is 6.42 Å². The van der Waals surface area contributed by atoms with Crippen molar-refractivity contribution in [1.29, 1.82) is 0 Å². The van der Waals surface area contributed by atoms with Gasteiger partial charge in [-0.05, 0) is 42.5 Å². The molecule has 2 aliphatic heterocycles. The molecule has 0 aromatic heterocycles. The second-order valence-corrected chi connectivity index (χ2v) is 10.8.